The molecule has 4 saturated carbocycles. The van der Waals surface area contributed by atoms with Gasteiger partial charge < -0.3 is 10.2 Å². The number of hydrogen-bond donors (Lipinski definition) is 2. The van der Waals surface area contributed by atoms with Crippen LogP contribution in [0.2, 0.25) is 0 Å². The SMILES string of the molecule is CC1(C)CCC2(C)CC=C3C(C)(CCC4C3(C)CCC3C(C)(CO)C(O)CCC43C)C2C1. The van der Waals surface area contributed by atoms with Gasteiger partial charge in [-0.25, -0.2) is 0 Å². The van der Waals surface area contributed by atoms with E-state index in [1.165, 1.54) is 44.9 Å². The van der Waals surface area contributed by atoms with Gasteiger partial charge in [-0.15, -0.1) is 0 Å². The van der Waals surface area contributed by atoms with Crippen molar-refractivity contribution in [2.24, 2.45) is 50.2 Å². The van der Waals surface area contributed by atoms with Crippen molar-refractivity contribution >= 4 is 0 Å². The van der Waals surface area contributed by atoms with E-state index in [9.17, 15) is 10.2 Å². The Labute approximate surface area is 197 Å². The van der Waals surface area contributed by atoms with Gasteiger partial charge in [0.25, 0.3) is 0 Å². The lowest BCUT2D eigenvalue weighted by Crippen LogP contribution is -2.64. The van der Waals surface area contributed by atoms with Crippen molar-refractivity contribution < 1.29 is 10.2 Å². The summed E-state index contributed by atoms with van der Waals surface area (Å²) >= 11 is 0. The van der Waals surface area contributed by atoms with Gasteiger partial charge in [0.2, 0.25) is 0 Å². The predicted molar refractivity (Wildman–Crippen MR) is 132 cm³/mol. The average molecular weight is 443 g/mol. The van der Waals surface area contributed by atoms with Crippen molar-refractivity contribution in [3.05, 3.63) is 11.6 Å². The summed E-state index contributed by atoms with van der Waals surface area (Å²) in [7, 11) is 0. The van der Waals surface area contributed by atoms with Gasteiger partial charge in [-0.1, -0.05) is 60.1 Å². The molecule has 0 aliphatic heterocycles. The molecule has 4 fully saturated rings. The molecular formula is C30H50O2. The van der Waals surface area contributed by atoms with E-state index >= 15 is 0 Å². The Morgan fingerprint density at radius 2 is 1.41 bits per heavy atom. The summed E-state index contributed by atoms with van der Waals surface area (Å²) in [5.74, 6) is 1.90. The minimum absolute atomic E-state index is 0.119. The molecule has 0 aromatic carbocycles. The molecule has 5 aliphatic rings. The number of rotatable bonds is 1. The highest BCUT2D eigenvalue weighted by molar-refractivity contribution is 5.34. The van der Waals surface area contributed by atoms with Crippen molar-refractivity contribution in [2.75, 3.05) is 6.61 Å². The van der Waals surface area contributed by atoms with Gasteiger partial charge in [-0.05, 0) is 109 Å². The zero-order valence-corrected chi connectivity index (χ0v) is 22.1. The van der Waals surface area contributed by atoms with Crippen LogP contribution >= 0.6 is 0 Å². The molecule has 2 nitrogen and oxygen atoms in total. The molecule has 0 aromatic rings. The maximum atomic E-state index is 10.9. The lowest BCUT2D eigenvalue weighted by atomic mass is 9.34. The van der Waals surface area contributed by atoms with E-state index in [0.29, 0.717) is 28.1 Å². The molecule has 9 atom stereocenters. The summed E-state index contributed by atoms with van der Waals surface area (Å²) in [6.45, 7) is 17.7. The van der Waals surface area contributed by atoms with Crippen LogP contribution in [-0.4, -0.2) is 22.9 Å². The highest BCUT2D eigenvalue weighted by Gasteiger charge is 2.67. The standard InChI is InChI=1S/C30H50O2/c1-25(2)16-17-26(3)12-8-20-27(4)13-10-22-28(5,15-11-24(32)30(22,7)19-31)21(27)9-14-29(20,6)23(26)18-25/h8,21-24,31-32H,9-19H2,1-7H3. The summed E-state index contributed by atoms with van der Waals surface area (Å²) in [5.41, 5.74) is 3.26. The first-order valence-corrected chi connectivity index (χ1v) is 13.8. The molecule has 0 radical (unpaired) electrons. The molecule has 5 aliphatic carbocycles. The third kappa shape index (κ3) is 2.84. The van der Waals surface area contributed by atoms with Gasteiger partial charge in [0.15, 0.2) is 0 Å². The Morgan fingerprint density at radius 1 is 0.781 bits per heavy atom. The Kier molecular flexibility index (Phi) is 5.02. The van der Waals surface area contributed by atoms with Crippen LogP contribution in [0.3, 0.4) is 0 Å². The zero-order chi connectivity index (χ0) is 23.4. The second kappa shape index (κ2) is 6.87. The summed E-state index contributed by atoms with van der Waals surface area (Å²) in [4.78, 5) is 0. The topological polar surface area (TPSA) is 40.5 Å². The smallest absolute Gasteiger partial charge is 0.0618 e. The summed E-state index contributed by atoms with van der Waals surface area (Å²) in [6.07, 6.45) is 14.8. The maximum absolute atomic E-state index is 10.9. The molecule has 2 N–H and O–H groups in total. The molecule has 0 bridgehead atoms. The fourth-order valence-electron chi connectivity index (χ4n) is 10.9. The lowest BCUT2D eigenvalue weighted by Gasteiger charge is -2.70. The molecule has 32 heavy (non-hydrogen) atoms. The van der Waals surface area contributed by atoms with Crippen LogP contribution in [-0.2, 0) is 0 Å². The molecule has 9 unspecified atom stereocenters. The second-order valence-electron chi connectivity index (χ2n) is 15.1. The highest BCUT2D eigenvalue weighted by atomic mass is 16.3. The van der Waals surface area contributed by atoms with Gasteiger partial charge in [0, 0.05) is 5.41 Å². The molecule has 0 saturated heterocycles. The van der Waals surface area contributed by atoms with Crippen LogP contribution in [0, 0.1) is 50.2 Å². The fraction of sp³-hybridized carbons (Fsp3) is 0.933. The van der Waals surface area contributed by atoms with Gasteiger partial charge in [0.05, 0.1) is 12.7 Å². The Morgan fingerprint density at radius 3 is 2.06 bits per heavy atom. The third-order valence-electron chi connectivity index (χ3n) is 12.9. The molecule has 5 rings (SSSR count). The molecular weight excluding hydrogens is 392 g/mol. The maximum Gasteiger partial charge on any atom is 0.0618 e. The van der Waals surface area contributed by atoms with Crippen LogP contribution in [0.15, 0.2) is 11.6 Å². The highest BCUT2D eigenvalue weighted by Crippen LogP contribution is 2.74. The molecule has 182 valence electrons. The normalized spacial score (nSPS) is 56.8. The first kappa shape index (κ1) is 23.4. The summed E-state index contributed by atoms with van der Waals surface area (Å²) in [6, 6.07) is 0. The molecule has 0 spiro atoms. The van der Waals surface area contributed by atoms with Crippen LogP contribution in [0.25, 0.3) is 0 Å². The number of aliphatic hydroxyl groups is 2. The van der Waals surface area contributed by atoms with Gasteiger partial charge >= 0.3 is 0 Å². The van der Waals surface area contributed by atoms with Crippen molar-refractivity contribution in [3.63, 3.8) is 0 Å². The fourth-order valence-corrected chi connectivity index (χ4v) is 10.9. The number of fused-ring (bicyclic) bond motifs is 7. The van der Waals surface area contributed by atoms with E-state index in [1.54, 1.807) is 0 Å². The quantitative estimate of drug-likeness (QED) is 0.424. The molecule has 2 heteroatoms. The van der Waals surface area contributed by atoms with Gasteiger partial charge in [0.1, 0.15) is 0 Å². The Bertz CT molecular complexity index is 814. The van der Waals surface area contributed by atoms with Crippen LogP contribution in [0.4, 0.5) is 0 Å². The third-order valence-corrected chi connectivity index (χ3v) is 12.9. The monoisotopic (exact) mass is 442 g/mol. The van der Waals surface area contributed by atoms with Crippen molar-refractivity contribution in [1.82, 2.24) is 0 Å². The van der Waals surface area contributed by atoms with Gasteiger partial charge in [-0.3, -0.25) is 0 Å². The Balaban J connectivity index is 1.55. The van der Waals surface area contributed by atoms with Gasteiger partial charge in [-0.2, -0.15) is 0 Å². The average Bonchev–Trinajstić information content (AvgIpc) is 2.71. The molecule has 0 amide bonds. The second-order valence-corrected chi connectivity index (χ2v) is 15.1. The first-order chi connectivity index (χ1) is 14.8. The minimum atomic E-state index is -0.358. The van der Waals surface area contributed by atoms with Crippen molar-refractivity contribution in [3.8, 4) is 0 Å². The molecule has 0 heterocycles. The summed E-state index contributed by atoms with van der Waals surface area (Å²) in [5, 5.41) is 21.3. The lowest BCUT2D eigenvalue weighted by molar-refractivity contribution is -0.199. The largest absolute Gasteiger partial charge is 0.396 e. The number of allylic oxidation sites excluding steroid dienone is 2. The predicted octanol–water partition coefficient (Wildman–Crippen LogP) is 7.14. The van der Waals surface area contributed by atoms with Crippen LogP contribution < -0.4 is 0 Å². The van der Waals surface area contributed by atoms with Crippen molar-refractivity contribution in [1.29, 1.82) is 0 Å². The molecule has 0 aromatic heterocycles. The first-order valence-electron chi connectivity index (χ1n) is 13.8. The number of aliphatic hydroxyl groups excluding tert-OH is 2. The number of hydrogen-bond acceptors (Lipinski definition) is 2. The minimum Gasteiger partial charge on any atom is -0.396 e. The van der Waals surface area contributed by atoms with Crippen LogP contribution in [0.5, 0.6) is 0 Å². The summed E-state index contributed by atoms with van der Waals surface area (Å²) < 4.78 is 0. The van der Waals surface area contributed by atoms with Crippen LogP contribution in [0.1, 0.15) is 113 Å². The van der Waals surface area contributed by atoms with E-state index in [-0.39, 0.29) is 29.0 Å². The van der Waals surface area contributed by atoms with E-state index in [0.717, 1.165) is 25.2 Å². The van der Waals surface area contributed by atoms with E-state index in [2.05, 4.69) is 54.5 Å². The van der Waals surface area contributed by atoms with E-state index in [1.807, 2.05) is 5.57 Å². The van der Waals surface area contributed by atoms with E-state index in [4.69, 9.17) is 0 Å². The Hall–Kier alpha value is -0.340. The zero-order valence-electron chi connectivity index (χ0n) is 22.1. The van der Waals surface area contributed by atoms with E-state index < -0.39 is 0 Å². The van der Waals surface area contributed by atoms with Crippen molar-refractivity contribution in [2.45, 2.75) is 119 Å².